The topological polar surface area (TPSA) is 6.48 Å². The highest BCUT2D eigenvalue weighted by molar-refractivity contribution is 5.95. The Bertz CT molecular complexity index is 2950. The molecule has 3 aliphatic rings. The van der Waals surface area contributed by atoms with Crippen LogP contribution in [0.5, 0.6) is 0 Å². The maximum Gasteiger partial charge on any atom is 0.0543 e. The first kappa shape index (κ1) is 33.9. The van der Waals surface area contributed by atoms with Crippen LogP contribution in [0.3, 0.4) is 0 Å². The van der Waals surface area contributed by atoms with E-state index < -0.39 is 0 Å². The van der Waals surface area contributed by atoms with Crippen LogP contribution in [0, 0.1) is 0 Å². The average molecular weight is 735 g/mol. The second-order valence-electron chi connectivity index (χ2n) is 17.9. The standard InChI is InChI=1S/C55H46N2/c1-53(2)44-19-12-13-22-50(44)57-51-30-25-38(33-49(51)54(3,4)46-21-14-20-45(53)52(46)57)37-24-28-42-43-29-27-41(34-48(43)55(5,6)47(42)32-37)56(39-17-8-7-9-18-39)40-26-23-35-15-10-11-16-36(35)31-40/h7-34H,1-6H3. The maximum absolute atomic E-state index is 2.55. The molecular weight excluding hydrogens is 689 g/mol. The lowest BCUT2D eigenvalue weighted by molar-refractivity contribution is 0.597. The minimum atomic E-state index is -0.185. The number of nitrogens with zero attached hydrogens (tertiary/aromatic N) is 2. The summed E-state index contributed by atoms with van der Waals surface area (Å²) in [6, 6.07) is 63.6. The molecule has 0 saturated heterocycles. The number of benzene rings is 8. The third-order valence-corrected chi connectivity index (χ3v) is 13.6. The van der Waals surface area contributed by atoms with Crippen LogP contribution in [0.15, 0.2) is 170 Å². The zero-order valence-corrected chi connectivity index (χ0v) is 33.6. The van der Waals surface area contributed by atoms with E-state index in [1.807, 2.05) is 0 Å². The Morgan fingerprint density at radius 2 is 0.877 bits per heavy atom. The van der Waals surface area contributed by atoms with E-state index in [-0.39, 0.29) is 16.2 Å². The van der Waals surface area contributed by atoms with Gasteiger partial charge in [-0.1, -0.05) is 151 Å². The van der Waals surface area contributed by atoms with Crippen LogP contribution in [-0.2, 0) is 16.2 Å². The second kappa shape index (κ2) is 11.8. The molecule has 0 unspecified atom stereocenters. The zero-order chi connectivity index (χ0) is 38.8. The largest absolute Gasteiger partial charge is 0.310 e. The minimum Gasteiger partial charge on any atom is -0.310 e. The van der Waals surface area contributed by atoms with E-state index in [2.05, 4.69) is 221 Å². The molecule has 8 aromatic carbocycles. The molecule has 2 nitrogen and oxygen atoms in total. The highest BCUT2D eigenvalue weighted by atomic mass is 15.2. The van der Waals surface area contributed by atoms with Crippen molar-refractivity contribution in [2.75, 3.05) is 9.80 Å². The predicted octanol–water partition coefficient (Wildman–Crippen LogP) is 15.0. The third kappa shape index (κ3) is 4.77. The summed E-state index contributed by atoms with van der Waals surface area (Å²) in [6.07, 6.45) is 0. The van der Waals surface area contributed by atoms with E-state index in [9.17, 15) is 0 Å². The van der Waals surface area contributed by atoms with Gasteiger partial charge in [-0.25, -0.2) is 0 Å². The van der Waals surface area contributed by atoms with Crippen molar-refractivity contribution in [3.8, 4) is 22.3 Å². The summed E-state index contributed by atoms with van der Waals surface area (Å²) >= 11 is 0. The van der Waals surface area contributed by atoms with E-state index in [1.54, 1.807) is 0 Å². The molecule has 57 heavy (non-hydrogen) atoms. The fourth-order valence-electron chi connectivity index (χ4n) is 10.4. The van der Waals surface area contributed by atoms with Gasteiger partial charge in [0.15, 0.2) is 0 Å². The van der Waals surface area contributed by atoms with Crippen LogP contribution < -0.4 is 9.80 Å². The van der Waals surface area contributed by atoms with Gasteiger partial charge in [-0.3, -0.25) is 0 Å². The molecule has 2 heterocycles. The Labute approximate surface area is 336 Å². The summed E-state index contributed by atoms with van der Waals surface area (Å²) in [7, 11) is 0. The molecule has 2 heteroatoms. The van der Waals surface area contributed by atoms with E-state index in [0.29, 0.717) is 0 Å². The molecule has 8 aromatic rings. The number of hydrogen-bond donors (Lipinski definition) is 0. The summed E-state index contributed by atoms with van der Waals surface area (Å²) in [5.41, 5.74) is 20.4. The van der Waals surface area contributed by atoms with Crippen LogP contribution in [0.1, 0.15) is 74.9 Å². The molecule has 1 aliphatic carbocycles. The minimum absolute atomic E-state index is 0.0855. The van der Waals surface area contributed by atoms with Crippen molar-refractivity contribution in [2.24, 2.45) is 0 Å². The average Bonchev–Trinajstić information content (AvgIpc) is 3.45. The molecule has 276 valence electrons. The predicted molar refractivity (Wildman–Crippen MR) is 241 cm³/mol. The molecule has 11 rings (SSSR count). The fraction of sp³-hybridized carbons (Fsp3) is 0.164. The van der Waals surface area contributed by atoms with Gasteiger partial charge >= 0.3 is 0 Å². The number of hydrogen-bond acceptors (Lipinski definition) is 2. The molecule has 0 saturated carbocycles. The van der Waals surface area contributed by atoms with E-state index >= 15 is 0 Å². The highest BCUT2D eigenvalue weighted by Gasteiger charge is 2.45. The second-order valence-corrected chi connectivity index (χ2v) is 17.9. The Kier molecular flexibility index (Phi) is 7.03. The molecule has 0 radical (unpaired) electrons. The first-order chi connectivity index (χ1) is 27.5. The van der Waals surface area contributed by atoms with E-state index in [1.165, 1.54) is 89.2 Å². The van der Waals surface area contributed by atoms with Crippen LogP contribution in [-0.4, -0.2) is 0 Å². The molecule has 0 atom stereocenters. The quantitative estimate of drug-likeness (QED) is 0.178. The number of anilines is 6. The van der Waals surface area contributed by atoms with Gasteiger partial charge in [0, 0.05) is 33.3 Å². The third-order valence-electron chi connectivity index (χ3n) is 13.6. The summed E-state index contributed by atoms with van der Waals surface area (Å²) < 4.78 is 0. The van der Waals surface area contributed by atoms with Crippen LogP contribution >= 0.6 is 0 Å². The number of fused-ring (bicyclic) bond motifs is 8. The summed E-state index contributed by atoms with van der Waals surface area (Å²) in [6.45, 7) is 14.4. The van der Waals surface area contributed by atoms with Gasteiger partial charge in [-0.2, -0.15) is 0 Å². The lowest BCUT2D eigenvalue weighted by atomic mass is 9.66. The van der Waals surface area contributed by atoms with Gasteiger partial charge in [-0.05, 0) is 127 Å². The normalized spacial score (nSPS) is 15.9. The molecular formula is C55H46N2. The lowest BCUT2D eigenvalue weighted by Gasteiger charge is -2.49. The van der Waals surface area contributed by atoms with Crippen molar-refractivity contribution in [2.45, 2.75) is 57.8 Å². The molecule has 0 bridgehead atoms. The van der Waals surface area contributed by atoms with Gasteiger partial charge in [0.1, 0.15) is 0 Å². The van der Waals surface area contributed by atoms with Crippen LogP contribution in [0.2, 0.25) is 0 Å². The Balaban J connectivity index is 1.00. The molecule has 0 N–H and O–H groups in total. The van der Waals surface area contributed by atoms with Gasteiger partial charge in [0.2, 0.25) is 0 Å². The monoisotopic (exact) mass is 734 g/mol. The first-order valence-corrected chi connectivity index (χ1v) is 20.4. The SMILES string of the molecule is CC1(C)c2cc(-c3ccc4c(c3)C(C)(C)c3cccc5c3N4c3ccccc3C5(C)C)ccc2-c2ccc(N(c3ccccc3)c3ccc4ccccc4c3)cc21. The Morgan fingerprint density at radius 1 is 0.351 bits per heavy atom. The number of rotatable bonds is 4. The maximum atomic E-state index is 2.55. The van der Waals surface area contributed by atoms with Crippen molar-refractivity contribution < 1.29 is 0 Å². The Morgan fingerprint density at radius 3 is 1.65 bits per heavy atom. The zero-order valence-electron chi connectivity index (χ0n) is 33.6. The summed E-state index contributed by atoms with van der Waals surface area (Å²) in [5.74, 6) is 0. The van der Waals surface area contributed by atoms with Crippen molar-refractivity contribution in [3.63, 3.8) is 0 Å². The smallest absolute Gasteiger partial charge is 0.0543 e. The van der Waals surface area contributed by atoms with E-state index in [4.69, 9.17) is 0 Å². The van der Waals surface area contributed by atoms with Gasteiger partial charge < -0.3 is 9.80 Å². The fourth-order valence-corrected chi connectivity index (χ4v) is 10.4. The van der Waals surface area contributed by atoms with E-state index in [0.717, 1.165) is 11.4 Å². The van der Waals surface area contributed by atoms with Crippen molar-refractivity contribution >= 4 is 44.9 Å². The van der Waals surface area contributed by atoms with Gasteiger partial charge in [0.25, 0.3) is 0 Å². The van der Waals surface area contributed by atoms with Crippen molar-refractivity contribution in [1.29, 1.82) is 0 Å². The van der Waals surface area contributed by atoms with Crippen LogP contribution in [0.25, 0.3) is 33.0 Å². The van der Waals surface area contributed by atoms with Crippen molar-refractivity contribution in [1.82, 2.24) is 0 Å². The van der Waals surface area contributed by atoms with Crippen molar-refractivity contribution in [3.05, 3.63) is 203 Å². The van der Waals surface area contributed by atoms with Gasteiger partial charge in [-0.15, -0.1) is 0 Å². The number of para-hydroxylation sites is 3. The molecule has 2 aliphatic heterocycles. The summed E-state index contributed by atoms with van der Waals surface area (Å²) in [5, 5.41) is 2.49. The molecule has 0 fully saturated rings. The summed E-state index contributed by atoms with van der Waals surface area (Å²) in [4.78, 5) is 4.95. The molecule has 0 spiro atoms. The Hall–Kier alpha value is -6.38. The highest BCUT2D eigenvalue weighted by Crippen LogP contribution is 2.60. The van der Waals surface area contributed by atoms with Crippen LogP contribution in [0.4, 0.5) is 34.1 Å². The first-order valence-electron chi connectivity index (χ1n) is 20.4. The lowest BCUT2D eigenvalue weighted by Crippen LogP contribution is -2.38. The molecule has 0 aromatic heterocycles. The van der Waals surface area contributed by atoms with Gasteiger partial charge in [0.05, 0.1) is 17.1 Å². The molecule has 0 amide bonds.